The van der Waals surface area contributed by atoms with Crippen LogP contribution in [-0.2, 0) is 12.0 Å². The topological polar surface area (TPSA) is 24.9 Å². The summed E-state index contributed by atoms with van der Waals surface area (Å²) in [6, 6.07) is 0. The predicted molar refractivity (Wildman–Crippen MR) is 84.0 cm³/mol. The molecule has 0 atom stereocenters. The second-order valence-corrected chi connectivity index (χ2v) is 8.62. The summed E-state index contributed by atoms with van der Waals surface area (Å²) in [5, 5.41) is 4.99. The van der Waals surface area contributed by atoms with E-state index in [1.54, 1.807) is 0 Å². The van der Waals surface area contributed by atoms with E-state index in [1.807, 2.05) is 11.3 Å². The molecule has 0 unspecified atom stereocenters. The third-order valence-corrected chi connectivity index (χ3v) is 7.02. The van der Waals surface area contributed by atoms with Gasteiger partial charge in [-0.15, -0.1) is 11.3 Å². The molecule has 0 aliphatic heterocycles. The lowest BCUT2D eigenvalue weighted by Crippen LogP contribution is -2.48. The van der Waals surface area contributed by atoms with Crippen molar-refractivity contribution in [2.45, 2.75) is 63.8 Å². The summed E-state index contributed by atoms with van der Waals surface area (Å²) >= 11 is 2.00. The van der Waals surface area contributed by atoms with Crippen LogP contribution >= 0.6 is 11.3 Å². The molecule has 4 saturated carbocycles. The van der Waals surface area contributed by atoms with Gasteiger partial charge in [-0.05, 0) is 69.2 Å². The first-order valence-corrected chi connectivity index (χ1v) is 9.25. The van der Waals surface area contributed by atoms with Crippen molar-refractivity contribution in [3.05, 3.63) is 16.1 Å². The summed E-state index contributed by atoms with van der Waals surface area (Å²) < 4.78 is 0. The second-order valence-electron chi connectivity index (χ2n) is 7.51. The Morgan fingerprint density at radius 1 is 1.20 bits per heavy atom. The maximum atomic E-state index is 4.86. The van der Waals surface area contributed by atoms with Crippen LogP contribution in [0.25, 0.3) is 0 Å². The van der Waals surface area contributed by atoms with E-state index in [9.17, 15) is 0 Å². The van der Waals surface area contributed by atoms with Crippen LogP contribution in [0.15, 0.2) is 6.20 Å². The number of aromatic nitrogens is 1. The monoisotopic (exact) mass is 290 g/mol. The van der Waals surface area contributed by atoms with Crippen LogP contribution in [0, 0.1) is 17.8 Å². The van der Waals surface area contributed by atoms with Crippen LogP contribution in [-0.4, -0.2) is 11.5 Å². The fourth-order valence-electron chi connectivity index (χ4n) is 5.40. The summed E-state index contributed by atoms with van der Waals surface area (Å²) in [5.41, 5.74) is 0.489. The second kappa shape index (κ2) is 5.10. The molecule has 3 heteroatoms. The molecule has 4 aliphatic rings. The highest BCUT2D eigenvalue weighted by Gasteiger charge is 2.52. The van der Waals surface area contributed by atoms with Gasteiger partial charge in [0.05, 0.1) is 5.01 Å². The lowest BCUT2D eigenvalue weighted by atomic mass is 9.50. The van der Waals surface area contributed by atoms with Gasteiger partial charge in [0.15, 0.2) is 0 Å². The van der Waals surface area contributed by atoms with Crippen molar-refractivity contribution in [1.29, 1.82) is 0 Å². The number of hydrogen-bond acceptors (Lipinski definition) is 3. The summed E-state index contributed by atoms with van der Waals surface area (Å²) in [7, 11) is 0. The van der Waals surface area contributed by atoms with E-state index in [2.05, 4.69) is 18.4 Å². The van der Waals surface area contributed by atoms with Crippen molar-refractivity contribution in [3.63, 3.8) is 0 Å². The number of nitrogens with one attached hydrogen (secondary N) is 1. The predicted octanol–water partition coefficient (Wildman–Crippen LogP) is 4.11. The van der Waals surface area contributed by atoms with Crippen molar-refractivity contribution in [2.75, 3.05) is 6.54 Å². The minimum atomic E-state index is 0.489. The maximum absolute atomic E-state index is 4.86. The number of nitrogens with zero attached hydrogens (tertiary/aromatic N) is 1. The van der Waals surface area contributed by atoms with E-state index in [1.165, 1.54) is 54.8 Å². The van der Waals surface area contributed by atoms with E-state index < -0.39 is 0 Å². The zero-order valence-corrected chi connectivity index (χ0v) is 13.3. The zero-order valence-electron chi connectivity index (χ0n) is 12.5. The molecule has 4 fully saturated rings. The number of hydrogen-bond donors (Lipinski definition) is 1. The Morgan fingerprint density at radius 2 is 1.85 bits per heavy atom. The Morgan fingerprint density at radius 3 is 2.45 bits per heavy atom. The van der Waals surface area contributed by atoms with Crippen LogP contribution < -0.4 is 5.32 Å². The lowest BCUT2D eigenvalue weighted by molar-refractivity contribution is -0.00527. The highest BCUT2D eigenvalue weighted by molar-refractivity contribution is 7.11. The minimum absolute atomic E-state index is 0.489. The fraction of sp³-hybridized carbons (Fsp3) is 0.824. The van der Waals surface area contributed by atoms with Gasteiger partial charge in [-0.3, -0.25) is 0 Å². The number of thiazole rings is 1. The smallest absolute Gasteiger partial charge is 0.0990 e. The van der Waals surface area contributed by atoms with E-state index in [4.69, 9.17) is 4.98 Å². The van der Waals surface area contributed by atoms with Crippen molar-refractivity contribution in [3.8, 4) is 0 Å². The molecule has 0 amide bonds. The molecule has 0 spiro atoms. The van der Waals surface area contributed by atoms with Crippen molar-refractivity contribution >= 4 is 11.3 Å². The Labute approximate surface area is 126 Å². The molecule has 1 aromatic rings. The van der Waals surface area contributed by atoms with Gasteiger partial charge in [0.1, 0.15) is 0 Å². The van der Waals surface area contributed by atoms with E-state index in [-0.39, 0.29) is 0 Å². The molecule has 20 heavy (non-hydrogen) atoms. The van der Waals surface area contributed by atoms with Gasteiger partial charge in [0.2, 0.25) is 0 Å². The largest absolute Gasteiger partial charge is 0.312 e. The average Bonchev–Trinajstić information content (AvgIpc) is 2.87. The van der Waals surface area contributed by atoms with Crippen LogP contribution in [0.1, 0.15) is 61.8 Å². The van der Waals surface area contributed by atoms with Crippen LogP contribution in [0.5, 0.6) is 0 Å². The normalized spacial score (nSPS) is 38.5. The molecule has 2 nitrogen and oxygen atoms in total. The molecule has 4 bridgehead atoms. The molecule has 4 aliphatic carbocycles. The van der Waals surface area contributed by atoms with Gasteiger partial charge < -0.3 is 5.32 Å². The highest BCUT2D eigenvalue weighted by atomic mass is 32.1. The van der Waals surface area contributed by atoms with Gasteiger partial charge in [-0.25, -0.2) is 4.98 Å². The maximum Gasteiger partial charge on any atom is 0.0990 e. The average molecular weight is 290 g/mol. The summed E-state index contributed by atoms with van der Waals surface area (Å²) in [4.78, 5) is 6.30. The molecule has 1 heterocycles. The van der Waals surface area contributed by atoms with Crippen LogP contribution in [0.3, 0.4) is 0 Å². The first-order chi connectivity index (χ1) is 9.77. The molecule has 0 saturated heterocycles. The SMILES string of the molecule is CCCNCc1cnc(C23CC4CC(CC(C4)C2)C3)s1. The molecule has 0 aromatic carbocycles. The summed E-state index contributed by atoms with van der Waals surface area (Å²) in [5.74, 6) is 3.06. The first-order valence-electron chi connectivity index (χ1n) is 8.43. The standard InChI is InChI=1S/C17H26N2S/c1-2-3-18-10-15-11-19-16(20-15)17-7-12-4-13(8-17)6-14(5-12)9-17/h11-14,18H,2-10H2,1H3. The zero-order chi connectivity index (χ0) is 13.6. The fourth-order valence-corrected chi connectivity index (χ4v) is 6.50. The van der Waals surface area contributed by atoms with Gasteiger partial charge in [-0.2, -0.15) is 0 Å². The first kappa shape index (κ1) is 13.3. The molecule has 1 aromatic heterocycles. The molecular weight excluding hydrogens is 264 g/mol. The lowest BCUT2D eigenvalue weighted by Gasteiger charge is -2.56. The minimum Gasteiger partial charge on any atom is -0.312 e. The molecule has 110 valence electrons. The Kier molecular flexibility index (Phi) is 3.38. The van der Waals surface area contributed by atoms with Crippen LogP contribution in [0.2, 0.25) is 0 Å². The third-order valence-electron chi connectivity index (χ3n) is 5.77. The van der Waals surface area contributed by atoms with Gasteiger partial charge in [0.25, 0.3) is 0 Å². The van der Waals surface area contributed by atoms with Gasteiger partial charge >= 0.3 is 0 Å². The van der Waals surface area contributed by atoms with E-state index in [0.717, 1.165) is 30.8 Å². The van der Waals surface area contributed by atoms with Gasteiger partial charge in [0, 0.05) is 23.0 Å². The molecule has 1 N–H and O–H groups in total. The van der Waals surface area contributed by atoms with E-state index >= 15 is 0 Å². The quantitative estimate of drug-likeness (QED) is 0.825. The molecule has 5 rings (SSSR count). The van der Waals surface area contributed by atoms with Crippen LogP contribution in [0.4, 0.5) is 0 Å². The van der Waals surface area contributed by atoms with Gasteiger partial charge in [-0.1, -0.05) is 6.92 Å². The van der Waals surface area contributed by atoms with E-state index in [0.29, 0.717) is 5.41 Å². The Bertz CT molecular complexity index is 444. The molecular formula is C17H26N2S. The summed E-state index contributed by atoms with van der Waals surface area (Å²) in [6.45, 7) is 4.35. The third kappa shape index (κ3) is 2.23. The Hall–Kier alpha value is -0.410. The number of rotatable bonds is 5. The summed E-state index contributed by atoms with van der Waals surface area (Å²) in [6.07, 6.45) is 12.2. The van der Waals surface area contributed by atoms with Crippen molar-refractivity contribution in [2.24, 2.45) is 17.8 Å². The molecule has 0 radical (unpaired) electrons. The van der Waals surface area contributed by atoms with Crippen molar-refractivity contribution < 1.29 is 0 Å². The highest BCUT2D eigenvalue weighted by Crippen LogP contribution is 2.61. The Balaban J connectivity index is 1.52. The van der Waals surface area contributed by atoms with Crippen molar-refractivity contribution in [1.82, 2.24) is 10.3 Å².